The molecule has 0 saturated carbocycles. The lowest BCUT2D eigenvalue weighted by atomic mass is 9.93. The molecule has 4 nitrogen and oxygen atoms in total. The van der Waals surface area contributed by atoms with Crippen molar-refractivity contribution in [3.8, 4) is 0 Å². The monoisotopic (exact) mass is 248 g/mol. The Balaban J connectivity index is 2.02. The van der Waals surface area contributed by atoms with Crippen molar-refractivity contribution < 1.29 is 0 Å². The SMILES string of the molecule is CC(CN)Cc1nccc(C2CCN(C)CC2)n1. The van der Waals surface area contributed by atoms with E-state index in [0.717, 1.165) is 12.2 Å². The van der Waals surface area contributed by atoms with Crippen LogP contribution in [0.1, 0.15) is 37.2 Å². The van der Waals surface area contributed by atoms with Crippen molar-refractivity contribution in [2.45, 2.75) is 32.1 Å². The lowest BCUT2D eigenvalue weighted by Crippen LogP contribution is -2.29. The van der Waals surface area contributed by atoms with E-state index < -0.39 is 0 Å². The minimum absolute atomic E-state index is 0.456. The molecule has 4 heteroatoms. The van der Waals surface area contributed by atoms with Gasteiger partial charge in [-0.1, -0.05) is 6.92 Å². The molecule has 100 valence electrons. The van der Waals surface area contributed by atoms with Crippen LogP contribution in [-0.4, -0.2) is 41.5 Å². The number of rotatable bonds is 4. The van der Waals surface area contributed by atoms with Crippen molar-refractivity contribution in [2.75, 3.05) is 26.7 Å². The summed E-state index contributed by atoms with van der Waals surface area (Å²) in [5, 5.41) is 0. The van der Waals surface area contributed by atoms with Gasteiger partial charge in [0.05, 0.1) is 0 Å². The van der Waals surface area contributed by atoms with Crippen LogP contribution < -0.4 is 5.73 Å². The molecule has 18 heavy (non-hydrogen) atoms. The lowest BCUT2D eigenvalue weighted by molar-refractivity contribution is 0.253. The first-order chi connectivity index (χ1) is 8.69. The first kappa shape index (κ1) is 13.4. The van der Waals surface area contributed by atoms with E-state index in [9.17, 15) is 0 Å². The van der Waals surface area contributed by atoms with E-state index in [1.165, 1.54) is 31.6 Å². The zero-order valence-electron chi connectivity index (χ0n) is 11.5. The Kier molecular flexibility index (Phi) is 4.66. The molecule has 0 spiro atoms. The highest BCUT2D eigenvalue weighted by Crippen LogP contribution is 2.25. The third kappa shape index (κ3) is 3.50. The predicted molar refractivity (Wildman–Crippen MR) is 73.4 cm³/mol. The highest BCUT2D eigenvalue weighted by molar-refractivity contribution is 5.10. The number of nitrogens with two attached hydrogens (primary N) is 1. The minimum atomic E-state index is 0.456. The Labute approximate surface area is 110 Å². The standard InChI is InChI=1S/C14H24N4/c1-11(10-15)9-14-16-6-3-13(17-14)12-4-7-18(2)8-5-12/h3,6,11-12H,4-5,7-10,15H2,1-2H3. The van der Waals surface area contributed by atoms with E-state index in [1.54, 1.807) is 0 Å². The Hall–Kier alpha value is -1.00. The van der Waals surface area contributed by atoms with Crippen molar-refractivity contribution in [3.05, 3.63) is 23.8 Å². The van der Waals surface area contributed by atoms with Gasteiger partial charge in [0.1, 0.15) is 5.82 Å². The van der Waals surface area contributed by atoms with Crippen molar-refractivity contribution in [1.82, 2.24) is 14.9 Å². The quantitative estimate of drug-likeness (QED) is 0.875. The Morgan fingerprint density at radius 2 is 2.17 bits per heavy atom. The zero-order chi connectivity index (χ0) is 13.0. The second kappa shape index (κ2) is 6.25. The predicted octanol–water partition coefficient (Wildman–Crippen LogP) is 1.42. The third-order valence-corrected chi connectivity index (χ3v) is 3.80. The topological polar surface area (TPSA) is 55.0 Å². The summed E-state index contributed by atoms with van der Waals surface area (Å²) in [5.41, 5.74) is 6.87. The first-order valence-electron chi connectivity index (χ1n) is 6.89. The molecule has 2 N–H and O–H groups in total. The summed E-state index contributed by atoms with van der Waals surface area (Å²) >= 11 is 0. The molecular weight excluding hydrogens is 224 g/mol. The Morgan fingerprint density at radius 1 is 1.44 bits per heavy atom. The van der Waals surface area contributed by atoms with Gasteiger partial charge in [0.2, 0.25) is 0 Å². The third-order valence-electron chi connectivity index (χ3n) is 3.80. The van der Waals surface area contributed by atoms with Crippen molar-refractivity contribution in [2.24, 2.45) is 11.7 Å². The smallest absolute Gasteiger partial charge is 0.128 e. The molecule has 0 radical (unpaired) electrons. The largest absolute Gasteiger partial charge is 0.330 e. The normalized spacial score (nSPS) is 19.9. The maximum atomic E-state index is 5.65. The number of hydrogen-bond donors (Lipinski definition) is 1. The fraction of sp³-hybridized carbons (Fsp3) is 0.714. The van der Waals surface area contributed by atoms with Gasteiger partial charge in [0.15, 0.2) is 0 Å². The number of piperidine rings is 1. The Bertz CT molecular complexity index is 372. The van der Waals surface area contributed by atoms with Gasteiger partial charge >= 0.3 is 0 Å². The summed E-state index contributed by atoms with van der Waals surface area (Å²) in [6, 6.07) is 2.08. The molecule has 1 aromatic rings. The molecule has 0 aromatic carbocycles. The molecule has 2 heterocycles. The molecule has 1 saturated heterocycles. The maximum Gasteiger partial charge on any atom is 0.128 e. The summed E-state index contributed by atoms with van der Waals surface area (Å²) < 4.78 is 0. The summed E-state index contributed by atoms with van der Waals surface area (Å²) in [6.07, 6.45) is 5.20. The summed E-state index contributed by atoms with van der Waals surface area (Å²) in [4.78, 5) is 11.5. The first-order valence-corrected chi connectivity index (χ1v) is 6.89. The van der Waals surface area contributed by atoms with E-state index in [0.29, 0.717) is 18.4 Å². The van der Waals surface area contributed by atoms with Crippen LogP contribution in [-0.2, 0) is 6.42 Å². The summed E-state index contributed by atoms with van der Waals surface area (Å²) in [6.45, 7) is 5.18. The van der Waals surface area contributed by atoms with Crippen LogP contribution in [0.15, 0.2) is 12.3 Å². The van der Waals surface area contributed by atoms with Crippen LogP contribution in [0, 0.1) is 5.92 Å². The zero-order valence-corrected chi connectivity index (χ0v) is 11.5. The average molecular weight is 248 g/mol. The van der Waals surface area contributed by atoms with Gasteiger partial charge in [-0.25, -0.2) is 9.97 Å². The molecule has 1 aromatic heterocycles. The van der Waals surface area contributed by atoms with E-state index in [-0.39, 0.29) is 0 Å². The van der Waals surface area contributed by atoms with Crippen LogP contribution in [0.3, 0.4) is 0 Å². The molecule has 1 fully saturated rings. The summed E-state index contributed by atoms with van der Waals surface area (Å²) in [7, 11) is 2.19. The molecule has 0 amide bonds. The second-order valence-corrected chi connectivity index (χ2v) is 5.52. The number of likely N-dealkylation sites (tertiary alicyclic amines) is 1. The molecule has 0 bridgehead atoms. The van der Waals surface area contributed by atoms with Crippen LogP contribution in [0.4, 0.5) is 0 Å². The Morgan fingerprint density at radius 3 is 2.83 bits per heavy atom. The van der Waals surface area contributed by atoms with E-state index in [4.69, 9.17) is 10.7 Å². The van der Waals surface area contributed by atoms with Crippen LogP contribution in [0.5, 0.6) is 0 Å². The minimum Gasteiger partial charge on any atom is -0.330 e. The molecule has 1 atom stereocenters. The second-order valence-electron chi connectivity index (χ2n) is 5.52. The van der Waals surface area contributed by atoms with Gasteiger partial charge in [-0.05, 0) is 51.5 Å². The van der Waals surface area contributed by atoms with Gasteiger partial charge in [0.25, 0.3) is 0 Å². The van der Waals surface area contributed by atoms with Crippen LogP contribution >= 0.6 is 0 Å². The summed E-state index contributed by atoms with van der Waals surface area (Å²) in [5.74, 6) is 2.01. The van der Waals surface area contributed by atoms with Gasteiger partial charge in [0, 0.05) is 24.2 Å². The van der Waals surface area contributed by atoms with Crippen LogP contribution in [0.2, 0.25) is 0 Å². The molecule has 2 rings (SSSR count). The van der Waals surface area contributed by atoms with E-state index >= 15 is 0 Å². The van der Waals surface area contributed by atoms with Gasteiger partial charge in [-0.2, -0.15) is 0 Å². The molecule has 0 aliphatic carbocycles. The molecule has 1 aliphatic rings. The van der Waals surface area contributed by atoms with Gasteiger partial charge in [-0.15, -0.1) is 0 Å². The van der Waals surface area contributed by atoms with Crippen LogP contribution in [0.25, 0.3) is 0 Å². The lowest BCUT2D eigenvalue weighted by Gasteiger charge is -2.28. The highest BCUT2D eigenvalue weighted by Gasteiger charge is 2.19. The molecule has 1 aliphatic heterocycles. The fourth-order valence-corrected chi connectivity index (χ4v) is 2.44. The van der Waals surface area contributed by atoms with E-state index in [2.05, 4.69) is 29.9 Å². The maximum absolute atomic E-state index is 5.65. The number of aromatic nitrogens is 2. The van der Waals surface area contributed by atoms with E-state index in [1.807, 2.05) is 6.20 Å². The highest BCUT2D eigenvalue weighted by atomic mass is 15.1. The van der Waals surface area contributed by atoms with Gasteiger partial charge < -0.3 is 10.6 Å². The number of nitrogens with zero attached hydrogens (tertiary/aromatic N) is 3. The van der Waals surface area contributed by atoms with Gasteiger partial charge in [-0.3, -0.25) is 0 Å². The molecule has 1 unspecified atom stereocenters. The molecular formula is C14H24N4. The van der Waals surface area contributed by atoms with Crippen molar-refractivity contribution >= 4 is 0 Å². The average Bonchev–Trinajstić information content (AvgIpc) is 2.40. The fourth-order valence-electron chi connectivity index (χ4n) is 2.44. The van der Waals surface area contributed by atoms with Crippen molar-refractivity contribution in [3.63, 3.8) is 0 Å². The number of hydrogen-bond acceptors (Lipinski definition) is 4. The van der Waals surface area contributed by atoms with Crippen molar-refractivity contribution in [1.29, 1.82) is 0 Å².